The molecule has 0 saturated heterocycles. The minimum absolute atomic E-state index is 0.404. The highest BCUT2D eigenvalue weighted by atomic mass is 32.3. The average molecular weight is 341 g/mol. The molecule has 6 nitrogen and oxygen atoms in total. The normalized spacial score (nSPS) is 16.6. The number of carbonyl (C=O) groups excluding carboxylic acids is 1. The standard InChI is InChI=1S/C16H23NO5S/c1-16(2,3)22-15(18)17-8-4-9-21-13-6-5-12-7-10-23(19,20)14(12)11-13/h5-7,10-11,19-20H,4,8-9H2,1-3H3,(H,17,18). The Bertz CT molecular complexity index is 607. The van der Waals surface area contributed by atoms with Crippen molar-refractivity contribution in [2.24, 2.45) is 0 Å². The van der Waals surface area contributed by atoms with Gasteiger partial charge in [-0.15, -0.1) is 10.6 Å². The molecule has 0 spiro atoms. The molecule has 1 aliphatic rings. The second-order valence-electron chi connectivity index (χ2n) is 6.23. The topological polar surface area (TPSA) is 88.0 Å². The first-order chi connectivity index (χ1) is 10.7. The number of fused-ring (bicyclic) bond motifs is 1. The van der Waals surface area contributed by atoms with Gasteiger partial charge in [0.25, 0.3) is 0 Å². The average Bonchev–Trinajstić information content (AvgIpc) is 2.72. The highest BCUT2D eigenvalue weighted by molar-refractivity contribution is 8.27. The Balaban J connectivity index is 1.73. The van der Waals surface area contributed by atoms with Crippen LogP contribution < -0.4 is 10.1 Å². The molecule has 3 N–H and O–H groups in total. The molecule has 0 aromatic heterocycles. The van der Waals surface area contributed by atoms with Crippen LogP contribution in [0, 0.1) is 0 Å². The molecule has 0 atom stereocenters. The van der Waals surface area contributed by atoms with E-state index in [1.165, 1.54) is 5.41 Å². The molecule has 0 bridgehead atoms. The Morgan fingerprint density at radius 2 is 2.04 bits per heavy atom. The van der Waals surface area contributed by atoms with Gasteiger partial charge in [-0.1, -0.05) is 0 Å². The molecule has 0 radical (unpaired) electrons. The largest absolute Gasteiger partial charge is 0.493 e. The maximum Gasteiger partial charge on any atom is 0.407 e. The van der Waals surface area contributed by atoms with E-state index in [1.54, 1.807) is 24.3 Å². The summed E-state index contributed by atoms with van der Waals surface area (Å²) >= 11 is 0. The van der Waals surface area contributed by atoms with Gasteiger partial charge in [0.2, 0.25) is 0 Å². The quantitative estimate of drug-likeness (QED) is 0.703. The number of benzene rings is 1. The number of ether oxygens (including phenoxy) is 2. The molecule has 23 heavy (non-hydrogen) atoms. The van der Waals surface area contributed by atoms with Crippen LogP contribution in [0.25, 0.3) is 6.08 Å². The van der Waals surface area contributed by atoms with E-state index in [4.69, 9.17) is 9.47 Å². The molecule has 0 saturated carbocycles. The van der Waals surface area contributed by atoms with E-state index in [2.05, 4.69) is 5.32 Å². The van der Waals surface area contributed by atoms with Crippen molar-refractivity contribution in [3.63, 3.8) is 0 Å². The van der Waals surface area contributed by atoms with Gasteiger partial charge >= 0.3 is 6.09 Å². The SMILES string of the molecule is CC(C)(C)OC(=O)NCCCOc1ccc2c(c1)S(O)(O)C=C2. The molecule has 0 aliphatic carbocycles. The van der Waals surface area contributed by atoms with Crippen molar-refractivity contribution < 1.29 is 23.4 Å². The van der Waals surface area contributed by atoms with Gasteiger partial charge in [-0.05, 0) is 51.0 Å². The second kappa shape index (κ2) is 6.82. The fourth-order valence-electron chi connectivity index (χ4n) is 2.01. The van der Waals surface area contributed by atoms with Crippen LogP contribution in [0.4, 0.5) is 4.79 Å². The monoisotopic (exact) mass is 341 g/mol. The van der Waals surface area contributed by atoms with Crippen molar-refractivity contribution in [3.8, 4) is 5.75 Å². The van der Waals surface area contributed by atoms with Crippen LogP contribution in [0.2, 0.25) is 0 Å². The predicted octanol–water partition coefficient (Wildman–Crippen LogP) is 4.07. The number of alkyl carbamates (subject to hydrolysis) is 1. The smallest absolute Gasteiger partial charge is 0.407 e. The second-order valence-corrected chi connectivity index (χ2v) is 8.12. The molecule has 0 unspecified atom stereocenters. The van der Waals surface area contributed by atoms with Gasteiger partial charge in [0.05, 0.1) is 11.5 Å². The Kier molecular flexibility index (Phi) is 5.23. The molecule has 2 rings (SSSR count). The minimum Gasteiger partial charge on any atom is -0.493 e. The highest BCUT2D eigenvalue weighted by Crippen LogP contribution is 2.56. The minimum atomic E-state index is -2.83. The summed E-state index contributed by atoms with van der Waals surface area (Å²) in [6, 6.07) is 5.22. The molecule has 0 fully saturated rings. The summed E-state index contributed by atoms with van der Waals surface area (Å²) < 4.78 is 30.4. The maximum atomic E-state index is 11.5. The van der Waals surface area contributed by atoms with Gasteiger partial charge in [-0.25, -0.2) is 4.79 Å². The van der Waals surface area contributed by atoms with Gasteiger partial charge in [-0.3, -0.25) is 9.11 Å². The van der Waals surface area contributed by atoms with E-state index < -0.39 is 22.3 Å². The maximum absolute atomic E-state index is 11.5. The first-order valence-electron chi connectivity index (χ1n) is 7.37. The summed E-state index contributed by atoms with van der Waals surface area (Å²) in [5, 5.41) is 4.06. The predicted molar refractivity (Wildman–Crippen MR) is 90.9 cm³/mol. The number of nitrogens with one attached hydrogen (secondary N) is 1. The van der Waals surface area contributed by atoms with Crippen LogP contribution in [-0.4, -0.2) is 34.0 Å². The fraction of sp³-hybridized carbons (Fsp3) is 0.438. The first-order valence-corrected chi connectivity index (χ1v) is 8.98. The number of rotatable bonds is 5. The molecule has 1 heterocycles. The van der Waals surface area contributed by atoms with Crippen molar-refractivity contribution >= 4 is 22.8 Å². The van der Waals surface area contributed by atoms with E-state index in [9.17, 15) is 13.9 Å². The summed E-state index contributed by atoms with van der Waals surface area (Å²) in [6.45, 7) is 6.27. The lowest BCUT2D eigenvalue weighted by molar-refractivity contribution is 0.0525. The lowest BCUT2D eigenvalue weighted by Gasteiger charge is -2.25. The Hall–Kier alpha value is -1.70. The fourth-order valence-corrected chi connectivity index (χ4v) is 3.27. The van der Waals surface area contributed by atoms with Crippen molar-refractivity contribution in [2.45, 2.75) is 37.7 Å². The van der Waals surface area contributed by atoms with E-state index in [0.717, 1.165) is 5.56 Å². The van der Waals surface area contributed by atoms with Crippen LogP contribution >= 0.6 is 10.6 Å². The molecular formula is C16H23NO5S. The summed E-state index contributed by atoms with van der Waals surface area (Å²) in [5.74, 6) is 0.574. The first kappa shape index (κ1) is 17.7. The van der Waals surface area contributed by atoms with E-state index in [0.29, 0.717) is 30.2 Å². The highest BCUT2D eigenvalue weighted by Gasteiger charge is 2.22. The lowest BCUT2D eigenvalue weighted by atomic mass is 10.2. The Morgan fingerprint density at radius 3 is 2.74 bits per heavy atom. The third-order valence-corrected chi connectivity index (χ3v) is 4.52. The van der Waals surface area contributed by atoms with Crippen molar-refractivity contribution in [1.82, 2.24) is 5.32 Å². The number of amides is 1. The molecule has 7 heteroatoms. The molecule has 1 aromatic carbocycles. The lowest BCUT2D eigenvalue weighted by Crippen LogP contribution is -2.33. The molecule has 1 aromatic rings. The van der Waals surface area contributed by atoms with Gasteiger partial charge in [-0.2, -0.15) is 0 Å². The zero-order valence-corrected chi connectivity index (χ0v) is 14.4. The Labute approximate surface area is 137 Å². The van der Waals surface area contributed by atoms with Gasteiger partial charge < -0.3 is 14.8 Å². The van der Waals surface area contributed by atoms with Crippen LogP contribution in [0.1, 0.15) is 32.8 Å². The van der Waals surface area contributed by atoms with Crippen LogP contribution in [0.15, 0.2) is 28.5 Å². The summed E-state index contributed by atoms with van der Waals surface area (Å²) in [4.78, 5) is 11.9. The van der Waals surface area contributed by atoms with E-state index in [1.807, 2.05) is 20.8 Å². The van der Waals surface area contributed by atoms with Crippen molar-refractivity contribution in [2.75, 3.05) is 13.2 Å². The zero-order chi connectivity index (χ0) is 17.1. The summed E-state index contributed by atoms with van der Waals surface area (Å²) in [5.41, 5.74) is 0.284. The van der Waals surface area contributed by atoms with Crippen LogP contribution in [0.5, 0.6) is 5.75 Å². The van der Waals surface area contributed by atoms with Crippen molar-refractivity contribution in [1.29, 1.82) is 0 Å². The van der Waals surface area contributed by atoms with Gasteiger partial charge in [0.15, 0.2) is 0 Å². The zero-order valence-electron chi connectivity index (χ0n) is 13.5. The van der Waals surface area contributed by atoms with Crippen LogP contribution in [-0.2, 0) is 4.74 Å². The number of hydrogen-bond donors (Lipinski definition) is 3. The number of carbonyl (C=O) groups is 1. The Morgan fingerprint density at radius 1 is 1.30 bits per heavy atom. The number of hydrogen-bond acceptors (Lipinski definition) is 5. The summed E-state index contributed by atoms with van der Waals surface area (Å²) in [6.07, 6.45) is 1.86. The van der Waals surface area contributed by atoms with Gasteiger partial charge in [0.1, 0.15) is 11.4 Å². The van der Waals surface area contributed by atoms with Crippen molar-refractivity contribution in [3.05, 3.63) is 29.2 Å². The summed E-state index contributed by atoms with van der Waals surface area (Å²) in [7, 11) is -2.83. The van der Waals surface area contributed by atoms with Gasteiger partial charge in [0, 0.05) is 18.0 Å². The molecule has 1 aliphatic heterocycles. The van der Waals surface area contributed by atoms with E-state index >= 15 is 0 Å². The van der Waals surface area contributed by atoms with E-state index in [-0.39, 0.29) is 0 Å². The third-order valence-electron chi connectivity index (χ3n) is 3.00. The molecule has 1 amide bonds. The third kappa shape index (κ3) is 5.16. The molecule has 128 valence electrons. The molecular weight excluding hydrogens is 318 g/mol. The van der Waals surface area contributed by atoms with Crippen LogP contribution in [0.3, 0.4) is 0 Å².